The third kappa shape index (κ3) is 3.00. The fraction of sp³-hybridized carbons (Fsp3) is 0.231. The van der Waals surface area contributed by atoms with Crippen molar-refractivity contribution < 1.29 is 14.3 Å². The monoisotopic (exact) mass is 274 g/mol. The Hall–Kier alpha value is -2.70. The standard InChI is InChI=1S/C13H14N4O3/c1-9(12(18)15-10-6-4-3-5-7-10)17-8-14-11(16-17)13(19)20-2/h3-9H,1-2H3,(H,15,18). The van der Waals surface area contributed by atoms with E-state index in [4.69, 9.17) is 0 Å². The first kappa shape index (κ1) is 13.7. The summed E-state index contributed by atoms with van der Waals surface area (Å²) in [5.41, 5.74) is 0.692. The predicted octanol–water partition coefficient (Wildman–Crippen LogP) is 1.26. The van der Waals surface area contributed by atoms with Crippen LogP contribution in [0.25, 0.3) is 0 Å². The molecule has 1 unspecified atom stereocenters. The summed E-state index contributed by atoms with van der Waals surface area (Å²) in [4.78, 5) is 27.1. The Kier molecular flexibility index (Phi) is 4.09. The maximum Gasteiger partial charge on any atom is 0.377 e. The summed E-state index contributed by atoms with van der Waals surface area (Å²) in [6.07, 6.45) is 1.32. The van der Waals surface area contributed by atoms with Crippen molar-refractivity contribution >= 4 is 17.6 Å². The maximum atomic E-state index is 12.0. The zero-order chi connectivity index (χ0) is 14.5. The zero-order valence-corrected chi connectivity index (χ0v) is 11.1. The SMILES string of the molecule is COC(=O)c1ncn(C(C)C(=O)Nc2ccccc2)n1. The molecule has 0 bridgehead atoms. The lowest BCUT2D eigenvalue weighted by molar-refractivity contribution is -0.119. The molecule has 1 aromatic carbocycles. The number of amides is 1. The number of hydrogen-bond donors (Lipinski definition) is 1. The van der Waals surface area contributed by atoms with Gasteiger partial charge in [-0.05, 0) is 19.1 Å². The number of nitrogens with one attached hydrogen (secondary N) is 1. The normalized spacial score (nSPS) is 11.7. The second-order valence-electron chi connectivity index (χ2n) is 4.07. The van der Waals surface area contributed by atoms with Crippen molar-refractivity contribution in [2.45, 2.75) is 13.0 Å². The van der Waals surface area contributed by atoms with Crippen LogP contribution in [-0.4, -0.2) is 33.8 Å². The highest BCUT2D eigenvalue weighted by molar-refractivity contribution is 5.93. The molecule has 0 spiro atoms. The minimum atomic E-state index is -0.639. The van der Waals surface area contributed by atoms with E-state index in [0.29, 0.717) is 5.69 Å². The van der Waals surface area contributed by atoms with Crippen molar-refractivity contribution in [3.8, 4) is 0 Å². The molecule has 2 rings (SSSR count). The molecule has 1 heterocycles. The average molecular weight is 274 g/mol. The predicted molar refractivity (Wildman–Crippen MR) is 71.1 cm³/mol. The number of methoxy groups -OCH3 is 1. The van der Waals surface area contributed by atoms with Crippen LogP contribution < -0.4 is 5.32 Å². The summed E-state index contributed by atoms with van der Waals surface area (Å²) < 4.78 is 5.82. The van der Waals surface area contributed by atoms with E-state index in [2.05, 4.69) is 20.1 Å². The quantitative estimate of drug-likeness (QED) is 0.848. The lowest BCUT2D eigenvalue weighted by atomic mass is 10.3. The number of anilines is 1. The summed E-state index contributed by atoms with van der Waals surface area (Å²) in [6.45, 7) is 1.66. The van der Waals surface area contributed by atoms with Gasteiger partial charge < -0.3 is 10.1 Å². The highest BCUT2D eigenvalue weighted by Gasteiger charge is 2.19. The van der Waals surface area contributed by atoms with E-state index in [-0.39, 0.29) is 11.7 Å². The molecule has 0 saturated carbocycles. The smallest absolute Gasteiger partial charge is 0.377 e. The molecular weight excluding hydrogens is 260 g/mol. The lowest BCUT2D eigenvalue weighted by Crippen LogP contribution is -2.24. The zero-order valence-electron chi connectivity index (χ0n) is 11.1. The lowest BCUT2D eigenvalue weighted by Gasteiger charge is -2.11. The van der Waals surface area contributed by atoms with Gasteiger partial charge in [-0.1, -0.05) is 18.2 Å². The first-order chi connectivity index (χ1) is 9.61. The van der Waals surface area contributed by atoms with Crippen LogP contribution in [0.3, 0.4) is 0 Å². The molecule has 0 aliphatic carbocycles. The van der Waals surface area contributed by atoms with Gasteiger partial charge >= 0.3 is 5.97 Å². The van der Waals surface area contributed by atoms with Gasteiger partial charge in [0, 0.05) is 5.69 Å². The number of para-hydroxylation sites is 1. The largest absolute Gasteiger partial charge is 0.463 e. The molecule has 1 amide bonds. The molecular formula is C13H14N4O3. The number of carbonyl (C=O) groups excluding carboxylic acids is 2. The van der Waals surface area contributed by atoms with Gasteiger partial charge in [0.15, 0.2) is 0 Å². The molecule has 20 heavy (non-hydrogen) atoms. The van der Waals surface area contributed by atoms with Crippen molar-refractivity contribution in [3.05, 3.63) is 42.5 Å². The van der Waals surface area contributed by atoms with Crippen LogP contribution in [0.15, 0.2) is 36.7 Å². The minimum Gasteiger partial charge on any atom is -0.463 e. The van der Waals surface area contributed by atoms with E-state index in [9.17, 15) is 9.59 Å². The van der Waals surface area contributed by atoms with Gasteiger partial charge in [0.25, 0.3) is 5.82 Å². The van der Waals surface area contributed by atoms with E-state index in [1.165, 1.54) is 18.1 Å². The van der Waals surface area contributed by atoms with E-state index >= 15 is 0 Å². The molecule has 7 nitrogen and oxygen atoms in total. The van der Waals surface area contributed by atoms with Crippen molar-refractivity contribution in [2.24, 2.45) is 0 Å². The van der Waals surface area contributed by atoms with Gasteiger partial charge in [0.2, 0.25) is 5.91 Å². The van der Waals surface area contributed by atoms with E-state index in [0.717, 1.165) is 0 Å². The van der Waals surface area contributed by atoms with Crippen LogP contribution in [0.4, 0.5) is 5.69 Å². The highest BCUT2D eigenvalue weighted by Crippen LogP contribution is 2.10. The Balaban J connectivity index is 2.07. The third-order valence-corrected chi connectivity index (χ3v) is 2.69. The van der Waals surface area contributed by atoms with Crippen molar-refractivity contribution in [2.75, 3.05) is 12.4 Å². The fourth-order valence-corrected chi connectivity index (χ4v) is 1.53. The third-order valence-electron chi connectivity index (χ3n) is 2.69. The van der Waals surface area contributed by atoms with Gasteiger partial charge in [-0.15, -0.1) is 5.10 Å². The van der Waals surface area contributed by atoms with E-state index in [1.807, 2.05) is 18.2 Å². The van der Waals surface area contributed by atoms with Gasteiger partial charge in [-0.25, -0.2) is 14.5 Å². The van der Waals surface area contributed by atoms with Crippen LogP contribution in [0.2, 0.25) is 0 Å². The molecule has 0 saturated heterocycles. The molecule has 2 aromatic rings. The number of ether oxygens (including phenoxy) is 1. The average Bonchev–Trinajstić information content (AvgIpc) is 2.96. The number of carbonyl (C=O) groups is 2. The molecule has 0 fully saturated rings. The maximum absolute atomic E-state index is 12.0. The summed E-state index contributed by atoms with van der Waals surface area (Å²) in [7, 11) is 1.24. The van der Waals surface area contributed by atoms with Crippen LogP contribution in [0.1, 0.15) is 23.6 Å². The van der Waals surface area contributed by atoms with Gasteiger partial charge in [0.05, 0.1) is 7.11 Å². The van der Waals surface area contributed by atoms with Crippen molar-refractivity contribution in [3.63, 3.8) is 0 Å². The van der Waals surface area contributed by atoms with Gasteiger partial charge in [-0.2, -0.15) is 0 Å². The summed E-state index contributed by atoms with van der Waals surface area (Å²) >= 11 is 0. The van der Waals surface area contributed by atoms with Crippen LogP contribution >= 0.6 is 0 Å². The molecule has 1 N–H and O–H groups in total. The topological polar surface area (TPSA) is 86.1 Å². The minimum absolute atomic E-state index is 0.0770. The Morgan fingerprint density at radius 3 is 2.65 bits per heavy atom. The fourth-order valence-electron chi connectivity index (χ4n) is 1.53. The Morgan fingerprint density at radius 2 is 2.00 bits per heavy atom. The molecule has 0 aliphatic rings. The number of esters is 1. The number of aromatic nitrogens is 3. The number of rotatable bonds is 4. The van der Waals surface area contributed by atoms with Crippen LogP contribution in [0.5, 0.6) is 0 Å². The molecule has 0 radical (unpaired) electrons. The summed E-state index contributed by atoms with van der Waals surface area (Å²) in [5, 5.41) is 6.66. The molecule has 7 heteroatoms. The second kappa shape index (κ2) is 5.96. The van der Waals surface area contributed by atoms with Gasteiger partial charge in [-0.3, -0.25) is 4.79 Å². The summed E-state index contributed by atoms with van der Waals surface area (Å²) in [5.74, 6) is -0.969. The van der Waals surface area contributed by atoms with Crippen LogP contribution in [-0.2, 0) is 9.53 Å². The van der Waals surface area contributed by atoms with Crippen molar-refractivity contribution in [1.29, 1.82) is 0 Å². The molecule has 1 atom stereocenters. The van der Waals surface area contributed by atoms with Crippen LogP contribution in [0, 0.1) is 0 Å². The number of nitrogens with zero attached hydrogens (tertiary/aromatic N) is 3. The van der Waals surface area contributed by atoms with Gasteiger partial charge in [0.1, 0.15) is 12.4 Å². The first-order valence-corrected chi connectivity index (χ1v) is 5.97. The summed E-state index contributed by atoms with van der Waals surface area (Å²) in [6, 6.07) is 8.48. The molecule has 104 valence electrons. The van der Waals surface area contributed by atoms with Crippen molar-refractivity contribution in [1.82, 2.24) is 14.8 Å². The number of hydrogen-bond acceptors (Lipinski definition) is 5. The Labute approximate surface area is 115 Å². The second-order valence-corrected chi connectivity index (χ2v) is 4.07. The highest BCUT2D eigenvalue weighted by atomic mass is 16.5. The Morgan fingerprint density at radius 1 is 1.30 bits per heavy atom. The molecule has 0 aliphatic heterocycles. The number of benzene rings is 1. The molecule has 1 aromatic heterocycles. The van der Waals surface area contributed by atoms with E-state index in [1.54, 1.807) is 19.1 Å². The first-order valence-electron chi connectivity index (χ1n) is 5.97. The van der Waals surface area contributed by atoms with E-state index < -0.39 is 12.0 Å². The Bertz CT molecular complexity index is 609.